The Morgan fingerprint density at radius 1 is 1.20 bits per heavy atom. The second-order valence-electron chi connectivity index (χ2n) is 4.35. The van der Waals surface area contributed by atoms with Gasteiger partial charge < -0.3 is 4.98 Å². The molecular weight excluding hydrogens is 345 g/mol. The van der Waals surface area contributed by atoms with E-state index in [0.29, 0.717) is 11.1 Å². The Hall–Kier alpha value is -1.65. The molecule has 1 N–H and O–H groups in total. The van der Waals surface area contributed by atoms with Gasteiger partial charge in [0.2, 0.25) is 0 Å². The van der Waals surface area contributed by atoms with Crippen molar-refractivity contribution >= 4 is 44.2 Å². The first-order chi connectivity index (χ1) is 9.56. The largest absolute Gasteiger partial charge is 0.360 e. The lowest BCUT2D eigenvalue weighted by atomic mass is 10.0. The predicted molar refractivity (Wildman–Crippen MR) is 80.8 cm³/mol. The molecule has 1 heterocycles. The molecule has 0 unspecified atom stereocenters. The van der Waals surface area contributed by atoms with E-state index in [2.05, 4.69) is 20.9 Å². The van der Waals surface area contributed by atoms with Crippen LogP contribution in [0.5, 0.6) is 0 Å². The van der Waals surface area contributed by atoms with E-state index in [1.54, 1.807) is 6.20 Å². The molecule has 1 aromatic heterocycles. The zero-order chi connectivity index (χ0) is 14.3. The normalized spacial score (nSPS) is 10.9. The third-order valence-electron chi connectivity index (χ3n) is 3.07. The molecule has 3 aromatic rings. The summed E-state index contributed by atoms with van der Waals surface area (Å²) in [5.41, 5.74) is 1.76. The van der Waals surface area contributed by atoms with Crippen LogP contribution in [0.4, 0.5) is 4.39 Å². The zero-order valence-electron chi connectivity index (χ0n) is 10.1. The first-order valence-corrected chi connectivity index (χ1v) is 7.00. The minimum atomic E-state index is -0.536. The molecule has 0 amide bonds. The fourth-order valence-electron chi connectivity index (χ4n) is 2.08. The summed E-state index contributed by atoms with van der Waals surface area (Å²) in [6.07, 6.45) is 1.65. The number of hydrogen-bond acceptors (Lipinski definition) is 1. The van der Waals surface area contributed by atoms with Crippen molar-refractivity contribution in [2.45, 2.75) is 0 Å². The van der Waals surface area contributed by atoms with Crippen LogP contribution in [0.25, 0.3) is 10.9 Å². The summed E-state index contributed by atoms with van der Waals surface area (Å²) in [6, 6.07) is 9.59. The minimum absolute atomic E-state index is 0.0570. The molecule has 0 spiro atoms. The van der Waals surface area contributed by atoms with Crippen molar-refractivity contribution in [2.24, 2.45) is 0 Å². The molecule has 0 aliphatic carbocycles. The van der Waals surface area contributed by atoms with Crippen LogP contribution in [-0.2, 0) is 0 Å². The molecule has 0 bridgehead atoms. The van der Waals surface area contributed by atoms with Crippen LogP contribution in [-0.4, -0.2) is 10.8 Å². The van der Waals surface area contributed by atoms with Crippen molar-refractivity contribution in [3.63, 3.8) is 0 Å². The number of ketones is 1. The Morgan fingerprint density at radius 2 is 2.00 bits per heavy atom. The van der Waals surface area contributed by atoms with E-state index in [0.717, 1.165) is 15.4 Å². The van der Waals surface area contributed by atoms with Gasteiger partial charge >= 0.3 is 0 Å². The molecular formula is C15H8BrClFNO. The summed E-state index contributed by atoms with van der Waals surface area (Å²) < 4.78 is 14.1. The van der Waals surface area contributed by atoms with Gasteiger partial charge in [-0.3, -0.25) is 4.79 Å². The summed E-state index contributed by atoms with van der Waals surface area (Å²) in [5, 5.41) is 0.761. The SMILES string of the molecule is O=C(c1ccc(F)c(Cl)c1)c1c[nH]c2cc(Br)ccc12. The minimum Gasteiger partial charge on any atom is -0.360 e. The summed E-state index contributed by atoms with van der Waals surface area (Å²) in [7, 11) is 0. The topological polar surface area (TPSA) is 32.9 Å². The molecule has 20 heavy (non-hydrogen) atoms. The molecule has 2 nitrogen and oxygen atoms in total. The molecule has 0 atom stereocenters. The van der Waals surface area contributed by atoms with E-state index in [4.69, 9.17) is 11.6 Å². The third kappa shape index (κ3) is 2.25. The van der Waals surface area contributed by atoms with Gasteiger partial charge in [0.15, 0.2) is 5.78 Å². The van der Waals surface area contributed by atoms with Crippen LogP contribution < -0.4 is 0 Å². The van der Waals surface area contributed by atoms with Crippen molar-refractivity contribution in [1.82, 2.24) is 4.98 Å². The first-order valence-electron chi connectivity index (χ1n) is 5.82. The van der Waals surface area contributed by atoms with Gasteiger partial charge in [0.05, 0.1) is 5.02 Å². The number of halogens is 3. The highest BCUT2D eigenvalue weighted by atomic mass is 79.9. The van der Waals surface area contributed by atoms with Crippen molar-refractivity contribution in [2.75, 3.05) is 0 Å². The molecule has 100 valence electrons. The highest BCUT2D eigenvalue weighted by Gasteiger charge is 2.15. The Balaban J connectivity index is 2.10. The fraction of sp³-hybridized carbons (Fsp3) is 0. The number of carbonyl (C=O) groups excluding carboxylic acids is 1. The Labute approximate surface area is 127 Å². The molecule has 0 saturated heterocycles. The number of aromatic nitrogens is 1. The molecule has 0 saturated carbocycles. The second-order valence-corrected chi connectivity index (χ2v) is 5.67. The number of aromatic amines is 1. The van der Waals surface area contributed by atoms with E-state index < -0.39 is 5.82 Å². The summed E-state index contributed by atoms with van der Waals surface area (Å²) in [6.45, 7) is 0. The van der Waals surface area contributed by atoms with E-state index >= 15 is 0 Å². The van der Waals surface area contributed by atoms with Crippen LogP contribution in [0, 0.1) is 5.82 Å². The number of nitrogens with one attached hydrogen (secondary N) is 1. The lowest BCUT2D eigenvalue weighted by Crippen LogP contribution is -2.00. The van der Waals surface area contributed by atoms with E-state index in [1.807, 2.05) is 18.2 Å². The van der Waals surface area contributed by atoms with E-state index in [-0.39, 0.29) is 10.8 Å². The lowest BCUT2D eigenvalue weighted by Gasteiger charge is -2.01. The fourth-order valence-corrected chi connectivity index (χ4v) is 2.62. The third-order valence-corrected chi connectivity index (χ3v) is 3.85. The smallest absolute Gasteiger partial charge is 0.195 e. The first kappa shape index (κ1) is 13.3. The molecule has 3 rings (SSSR count). The molecule has 0 aliphatic heterocycles. The van der Waals surface area contributed by atoms with Crippen LogP contribution >= 0.6 is 27.5 Å². The lowest BCUT2D eigenvalue weighted by molar-refractivity contribution is 0.104. The average Bonchev–Trinajstić information content (AvgIpc) is 2.84. The number of fused-ring (bicyclic) bond motifs is 1. The van der Waals surface area contributed by atoms with Gasteiger partial charge in [0.1, 0.15) is 5.82 Å². The Bertz CT molecular complexity index is 828. The van der Waals surface area contributed by atoms with Gasteiger partial charge in [-0.15, -0.1) is 0 Å². The highest BCUT2D eigenvalue weighted by molar-refractivity contribution is 9.10. The maximum Gasteiger partial charge on any atom is 0.195 e. The van der Waals surface area contributed by atoms with Crippen LogP contribution in [0.15, 0.2) is 47.1 Å². The average molecular weight is 353 g/mol. The van der Waals surface area contributed by atoms with Crippen molar-refractivity contribution in [1.29, 1.82) is 0 Å². The Kier molecular flexibility index (Phi) is 3.36. The van der Waals surface area contributed by atoms with Gasteiger partial charge in [-0.25, -0.2) is 4.39 Å². The maximum atomic E-state index is 13.1. The monoisotopic (exact) mass is 351 g/mol. The van der Waals surface area contributed by atoms with Crippen molar-refractivity contribution in [3.8, 4) is 0 Å². The summed E-state index contributed by atoms with van der Waals surface area (Å²) in [5.74, 6) is -0.730. The molecule has 0 fully saturated rings. The molecule has 0 radical (unpaired) electrons. The van der Waals surface area contributed by atoms with Crippen molar-refractivity contribution in [3.05, 3.63) is 69.0 Å². The number of benzene rings is 2. The molecule has 2 aromatic carbocycles. The molecule has 0 aliphatic rings. The van der Waals surface area contributed by atoms with Crippen molar-refractivity contribution < 1.29 is 9.18 Å². The summed E-state index contributed by atoms with van der Waals surface area (Å²) in [4.78, 5) is 15.5. The van der Waals surface area contributed by atoms with Gasteiger partial charge in [-0.1, -0.05) is 33.6 Å². The number of hydrogen-bond donors (Lipinski definition) is 1. The van der Waals surface area contributed by atoms with Gasteiger partial charge in [0, 0.05) is 32.7 Å². The van der Waals surface area contributed by atoms with Crippen LogP contribution in [0.3, 0.4) is 0 Å². The second kappa shape index (κ2) is 5.04. The van der Waals surface area contributed by atoms with Gasteiger partial charge in [-0.2, -0.15) is 0 Å². The summed E-state index contributed by atoms with van der Waals surface area (Å²) >= 11 is 9.09. The standard InChI is InChI=1S/C15H8BrClFNO/c16-9-2-3-10-11(7-19-14(10)6-9)15(20)8-1-4-13(18)12(17)5-8/h1-7,19H. The van der Waals surface area contributed by atoms with Gasteiger partial charge in [-0.05, 0) is 30.3 Å². The van der Waals surface area contributed by atoms with E-state index in [1.165, 1.54) is 18.2 Å². The zero-order valence-corrected chi connectivity index (χ0v) is 12.4. The highest BCUT2D eigenvalue weighted by Crippen LogP contribution is 2.25. The molecule has 5 heteroatoms. The maximum absolute atomic E-state index is 13.1. The van der Waals surface area contributed by atoms with Gasteiger partial charge in [0.25, 0.3) is 0 Å². The predicted octanol–water partition coefficient (Wildman–Crippen LogP) is 4.95. The van der Waals surface area contributed by atoms with Crippen LogP contribution in [0.2, 0.25) is 5.02 Å². The Morgan fingerprint density at radius 3 is 2.75 bits per heavy atom. The quantitative estimate of drug-likeness (QED) is 0.650. The number of carbonyl (C=O) groups is 1. The number of rotatable bonds is 2. The van der Waals surface area contributed by atoms with E-state index in [9.17, 15) is 9.18 Å². The van der Waals surface area contributed by atoms with Crippen LogP contribution in [0.1, 0.15) is 15.9 Å². The number of H-pyrrole nitrogens is 1.